The third-order valence-corrected chi connectivity index (χ3v) is 2.49. The molecule has 1 aromatic carbocycles. The molecule has 5 heteroatoms. The van der Waals surface area contributed by atoms with Gasteiger partial charge in [-0.2, -0.15) is 4.98 Å². The monoisotopic (exact) mass is 267 g/mol. The molecular weight excluding hydrogens is 258 g/mol. The summed E-state index contributed by atoms with van der Waals surface area (Å²) in [4.78, 5) is 4.13. The van der Waals surface area contributed by atoms with Crippen LogP contribution in [0.3, 0.4) is 0 Å². The lowest BCUT2D eigenvalue weighted by Crippen LogP contribution is -1.98. The van der Waals surface area contributed by atoms with E-state index in [9.17, 15) is 0 Å². The van der Waals surface area contributed by atoms with Crippen LogP contribution in [-0.2, 0) is 13.0 Å². The number of aromatic nitrogens is 2. The molecule has 2 rings (SSSR count). The van der Waals surface area contributed by atoms with Gasteiger partial charge in [-0.3, -0.25) is 0 Å². The molecule has 0 saturated carbocycles. The highest BCUT2D eigenvalue weighted by atomic mass is 79.9. The minimum absolute atomic E-state index is 0.309. The molecule has 0 radical (unpaired) electrons. The maximum atomic E-state index is 5.39. The zero-order chi connectivity index (χ0) is 10.7. The van der Waals surface area contributed by atoms with Gasteiger partial charge in [-0.05, 0) is 17.7 Å². The Labute approximate surface area is 95.6 Å². The Balaban J connectivity index is 2.11. The second-order valence-electron chi connectivity index (χ2n) is 3.11. The Morgan fingerprint density at radius 2 is 2.00 bits per heavy atom. The molecule has 1 aromatic heterocycles. The molecular formula is C10H10BrN3O. The second kappa shape index (κ2) is 4.55. The van der Waals surface area contributed by atoms with E-state index in [-0.39, 0.29) is 0 Å². The molecule has 15 heavy (non-hydrogen) atoms. The fourth-order valence-corrected chi connectivity index (χ4v) is 1.49. The van der Waals surface area contributed by atoms with E-state index in [0.29, 0.717) is 24.7 Å². The number of hydrogen-bond acceptors (Lipinski definition) is 4. The number of benzene rings is 1. The highest BCUT2D eigenvalue weighted by Gasteiger charge is 2.05. The Morgan fingerprint density at radius 1 is 1.27 bits per heavy atom. The van der Waals surface area contributed by atoms with Crippen LogP contribution in [0.1, 0.15) is 17.3 Å². The molecule has 0 atom stereocenters. The number of hydrogen-bond donors (Lipinski definition) is 1. The van der Waals surface area contributed by atoms with Gasteiger partial charge in [-0.25, -0.2) is 0 Å². The zero-order valence-corrected chi connectivity index (χ0v) is 9.57. The molecule has 0 bridgehead atoms. The van der Waals surface area contributed by atoms with Gasteiger partial charge >= 0.3 is 0 Å². The molecule has 2 aromatic rings. The van der Waals surface area contributed by atoms with E-state index >= 15 is 0 Å². The molecule has 78 valence electrons. The van der Waals surface area contributed by atoms with Crippen molar-refractivity contribution in [3.63, 3.8) is 0 Å². The van der Waals surface area contributed by atoms with Crippen molar-refractivity contribution >= 4 is 15.9 Å². The first kappa shape index (κ1) is 10.3. The third-order valence-electron chi connectivity index (χ3n) is 1.96. The van der Waals surface area contributed by atoms with Gasteiger partial charge in [0.2, 0.25) is 5.89 Å². The molecule has 2 N–H and O–H groups in total. The number of nitrogens with two attached hydrogens (primary N) is 1. The summed E-state index contributed by atoms with van der Waals surface area (Å²) in [5, 5.41) is 3.73. The molecule has 0 unspecified atom stereocenters. The fraction of sp³-hybridized carbons (Fsp3) is 0.200. The molecule has 0 amide bonds. The number of nitrogens with zero attached hydrogens (tertiary/aromatic N) is 2. The van der Waals surface area contributed by atoms with E-state index in [1.807, 2.05) is 24.3 Å². The summed E-state index contributed by atoms with van der Waals surface area (Å²) in [6.45, 7) is 0.309. The van der Waals surface area contributed by atoms with Gasteiger partial charge in [0.15, 0.2) is 5.82 Å². The predicted octanol–water partition coefficient (Wildman–Crippen LogP) is 1.88. The fourth-order valence-electron chi connectivity index (χ4n) is 1.22. The van der Waals surface area contributed by atoms with Gasteiger partial charge in [0.05, 0.1) is 13.0 Å². The van der Waals surface area contributed by atoms with E-state index in [2.05, 4.69) is 26.1 Å². The lowest BCUT2D eigenvalue weighted by atomic mass is 10.1. The molecule has 0 aliphatic rings. The highest BCUT2D eigenvalue weighted by molar-refractivity contribution is 9.10. The SMILES string of the molecule is NCc1noc(Cc2ccc(Br)cc2)n1. The maximum Gasteiger partial charge on any atom is 0.231 e. The van der Waals surface area contributed by atoms with Crippen LogP contribution in [-0.4, -0.2) is 10.1 Å². The maximum absolute atomic E-state index is 5.39. The van der Waals surface area contributed by atoms with Crippen molar-refractivity contribution in [3.05, 3.63) is 46.0 Å². The summed E-state index contributed by atoms with van der Waals surface area (Å²) < 4.78 is 6.09. The average molecular weight is 268 g/mol. The topological polar surface area (TPSA) is 64.9 Å². The lowest BCUT2D eigenvalue weighted by molar-refractivity contribution is 0.379. The summed E-state index contributed by atoms with van der Waals surface area (Å²) in [6, 6.07) is 7.98. The first-order valence-corrected chi connectivity index (χ1v) is 5.33. The average Bonchev–Trinajstić information content (AvgIpc) is 2.69. The van der Waals surface area contributed by atoms with E-state index < -0.39 is 0 Å². The first-order chi connectivity index (χ1) is 7.28. The molecule has 1 heterocycles. The largest absolute Gasteiger partial charge is 0.339 e. The van der Waals surface area contributed by atoms with Gasteiger partial charge in [0, 0.05) is 4.47 Å². The first-order valence-electron chi connectivity index (χ1n) is 4.54. The van der Waals surface area contributed by atoms with Crippen LogP contribution in [0.5, 0.6) is 0 Å². The molecule has 0 aliphatic heterocycles. The van der Waals surface area contributed by atoms with E-state index in [1.54, 1.807) is 0 Å². The van der Waals surface area contributed by atoms with Crippen molar-refractivity contribution in [2.75, 3.05) is 0 Å². The van der Waals surface area contributed by atoms with Gasteiger partial charge < -0.3 is 10.3 Å². The summed E-state index contributed by atoms with van der Waals surface area (Å²) in [5.41, 5.74) is 6.52. The lowest BCUT2D eigenvalue weighted by Gasteiger charge is -1.96. The van der Waals surface area contributed by atoms with Gasteiger partial charge in [0.1, 0.15) is 0 Å². The van der Waals surface area contributed by atoms with Crippen LogP contribution in [0.15, 0.2) is 33.3 Å². The second-order valence-corrected chi connectivity index (χ2v) is 4.03. The van der Waals surface area contributed by atoms with E-state index in [0.717, 1.165) is 10.0 Å². The normalized spacial score (nSPS) is 10.5. The standard InChI is InChI=1S/C10H10BrN3O/c11-8-3-1-7(2-4-8)5-10-13-9(6-12)14-15-10/h1-4H,5-6,12H2. The van der Waals surface area contributed by atoms with Crippen LogP contribution in [0.25, 0.3) is 0 Å². The number of rotatable bonds is 3. The van der Waals surface area contributed by atoms with Crippen molar-refractivity contribution in [1.29, 1.82) is 0 Å². The molecule has 4 nitrogen and oxygen atoms in total. The van der Waals surface area contributed by atoms with Crippen LogP contribution in [0.4, 0.5) is 0 Å². The van der Waals surface area contributed by atoms with Crippen molar-refractivity contribution in [1.82, 2.24) is 10.1 Å². The van der Waals surface area contributed by atoms with Crippen LogP contribution >= 0.6 is 15.9 Å². The highest BCUT2D eigenvalue weighted by Crippen LogP contribution is 2.13. The Morgan fingerprint density at radius 3 is 2.60 bits per heavy atom. The van der Waals surface area contributed by atoms with Crippen LogP contribution in [0, 0.1) is 0 Å². The van der Waals surface area contributed by atoms with Gasteiger partial charge in [-0.15, -0.1) is 0 Å². The molecule has 0 aliphatic carbocycles. The number of halogens is 1. The minimum Gasteiger partial charge on any atom is -0.339 e. The van der Waals surface area contributed by atoms with Crippen LogP contribution < -0.4 is 5.73 Å². The van der Waals surface area contributed by atoms with Crippen molar-refractivity contribution in [2.45, 2.75) is 13.0 Å². The molecule has 0 saturated heterocycles. The van der Waals surface area contributed by atoms with E-state index in [4.69, 9.17) is 10.3 Å². The summed E-state index contributed by atoms with van der Waals surface area (Å²) in [6.07, 6.45) is 0.639. The minimum atomic E-state index is 0.309. The summed E-state index contributed by atoms with van der Waals surface area (Å²) >= 11 is 3.38. The Bertz CT molecular complexity index is 438. The summed E-state index contributed by atoms with van der Waals surface area (Å²) in [5.74, 6) is 1.14. The molecule has 0 fully saturated rings. The summed E-state index contributed by atoms with van der Waals surface area (Å²) in [7, 11) is 0. The Kier molecular flexibility index (Phi) is 3.13. The Hall–Kier alpha value is -1.20. The third kappa shape index (κ3) is 2.64. The zero-order valence-electron chi connectivity index (χ0n) is 7.98. The smallest absolute Gasteiger partial charge is 0.231 e. The predicted molar refractivity (Wildman–Crippen MR) is 59.1 cm³/mol. The quantitative estimate of drug-likeness (QED) is 0.923. The van der Waals surface area contributed by atoms with Crippen molar-refractivity contribution in [2.24, 2.45) is 5.73 Å². The van der Waals surface area contributed by atoms with Gasteiger partial charge in [-0.1, -0.05) is 33.2 Å². The van der Waals surface area contributed by atoms with E-state index in [1.165, 1.54) is 0 Å². The van der Waals surface area contributed by atoms with Gasteiger partial charge in [0.25, 0.3) is 0 Å². The van der Waals surface area contributed by atoms with Crippen LogP contribution in [0.2, 0.25) is 0 Å². The van der Waals surface area contributed by atoms with Crippen molar-refractivity contribution < 1.29 is 4.52 Å². The van der Waals surface area contributed by atoms with Crippen molar-refractivity contribution in [3.8, 4) is 0 Å². The molecule has 0 spiro atoms.